The summed E-state index contributed by atoms with van der Waals surface area (Å²) in [6, 6.07) is 9.51. The molecule has 3 rings (SSSR count). The topological polar surface area (TPSA) is 27.8 Å². The molecule has 1 fully saturated rings. The Labute approximate surface area is 96.1 Å². The molecule has 2 N–H and O–H groups in total. The molecule has 0 aliphatic heterocycles. The van der Waals surface area contributed by atoms with Crippen molar-refractivity contribution in [3.8, 4) is 0 Å². The minimum Gasteiger partial charge on any atom is -0.361 e. The van der Waals surface area contributed by atoms with Crippen molar-refractivity contribution in [3.05, 3.63) is 36.0 Å². The molecule has 0 amide bonds. The first-order valence-electron chi connectivity index (χ1n) is 6.10. The highest BCUT2D eigenvalue weighted by atomic mass is 14.9. The van der Waals surface area contributed by atoms with Crippen molar-refractivity contribution in [2.24, 2.45) is 5.92 Å². The minimum absolute atomic E-state index is 0.747. The van der Waals surface area contributed by atoms with Gasteiger partial charge in [0.05, 0.1) is 0 Å². The number of H-pyrrole nitrogens is 1. The number of aromatic nitrogens is 1. The van der Waals surface area contributed by atoms with Gasteiger partial charge in [0.1, 0.15) is 0 Å². The van der Waals surface area contributed by atoms with Gasteiger partial charge in [-0.1, -0.05) is 13.0 Å². The molecule has 0 atom stereocenters. The van der Waals surface area contributed by atoms with E-state index in [-0.39, 0.29) is 0 Å². The van der Waals surface area contributed by atoms with Crippen LogP contribution >= 0.6 is 0 Å². The lowest BCUT2D eigenvalue weighted by Gasteiger charge is -2.33. The van der Waals surface area contributed by atoms with Gasteiger partial charge in [0.25, 0.3) is 0 Å². The highest BCUT2D eigenvalue weighted by molar-refractivity contribution is 5.79. The lowest BCUT2D eigenvalue weighted by molar-refractivity contribution is 0.240. The first-order valence-corrected chi connectivity index (χ1v) is 6.10. The Morgan fingerprint density at radius 3 is 3.00 bits per heavy atom. The van der Waals surface area contributed by atoms with E-state index in [9.17, 15) is 0 Å². The van der Waals surface area contributed by atoms with Crippen LogP contribution in [0, 0.1) is 5.92 Å². The first-order chi connectivity index (χ1) is 7.81. The molecule has 0 bridgehead atoms. The van der Waals surface area contributed by atoms with E-state index in [0.29, 0.717) is 0 Å². The van der Waals surface area contributed by atoms with Gasteiger partial charge >= 0.3 is 0 Å². The van der Waals surface area contributed by atoms with Gasteiger partial charge < -0.3 is 10.3 Å². The van der Waals surface area contributed by atoms with Gasteiger partial charge in [0.2, 0.25) is 0 Å². The Kier molecular flexibility index (Phi) is 2.44. The van der Waals surface area contributed by atoms with Crippen molar-refractivity contribution < 1.29 is 0 Å². The quantitative estimate of drug-likeness (QED) is 0.807. The number of hydrogen-bond acceptors (Lipinski definition) is 1. The van der Waals surface area contributed by atoms with Gasteiger partial charge in [0.15, 0.2) is 0 Å². The van der Waals surface area contributed by atoms with Crippen LogP contribution in [0.3, 0.4) is 0 Å². The number of rotatable bonds is 3. The van der Waals surface area contributed by atoms with Crippen molar-refractivity contribution in [2.75, 3.05) is 0 Å². The molecule has 1 aliphatic carbocycles. The number of nitrogens with one attached hydrogen (secondary N) is 2. The van der Waals surface area contributed by atoms with Gasteiger partial charge in [-0.15, -0.1) is 0 Å². The Bertz CT molecular complexity index is 480. The number of fused-ring (bicyclic) bond motifs is 1. The van der Waals surface area contributed by atoms with Crippen molar-refractivity contribution >= 4 is 10.9 Å². The van der Waals surface area contributed by atoms with Crippen LogP contribution in [0.2, 0.25) is 0 Å². The third-order valence-corrected chi connectivity index (χ3v) is 3.59. The zero-order valence-electron chi connectivity index (χ0n) is 9.66. The maximum Gasteiger partial charge on any atom is 0.0454 e. The van der Waals surface area contributed by atoms with Crippen molar-refractivity contribution in [1.29, 1.82) is 0 Å². The molecule has 16 heavy (non-hydrogen) atoms. The predicted molar refractivity (Wildman–Crippen MR) is 67.3 cm³/mol. The molecular formula is C14H18N2. The molecule has 1 aromatic heterocycles. The van der Waals surface area contributed by atoms with Crippen molar-refractivity contribution in [1.82, 2.24) is 10.3 Å². The summed E-state index contributed by atoms with van der Waals surface area (Å²) in [5.74, 6) is 0.921. The van der Waals surface area contributed by atoms with E-state index in [1.807, 2.05) is 6.20 Å². The molecule has 1 heterocycles. The summed E-state index contributed by atoms with van der Waals surface area (Å²) in [4.78, 5) is 3.22. The average molecular weight is 214 g/mol. The molecule has 0 unspecified atom stereocenters. The fourth-order valence-electron chi connectivity index (χ4n) is 2.54. The van der Waals surface area contributed by atoms with Gasteiger partial charge in [-0.05, 0) is 47.9 Å². The Morgan fingerprint density at radius 1 is 1.31 bits per heavy atom. The van der Waals surface area contributed by atoms with Crippen molar-refractivity contribution in [3.63, 3.8) is 0 Å². The zero-order valence-corrected chi connectivity index (χ0v) is 9.66. The molecular weight excluding hydrogens is 196 g/mol. The second-order valence-corrected chi connectivity index (χ2v) is 5.05. The van der Waals surface area contributed by atoms with Crippen LogP contribution in [0.25, 0.3) is 10.9 Å². The molecule has 1 aliphatic rings. The standard InChI is InChI=1S/C14H18N2/c1-10-6-13(7-10)16-9-11-2-3-14-12(8-11)4-5-15-14/h2-5,8,10,13,15-16H,6-7,9H2,1H3. The third kappa shape index (κ3) is 1.85. The highest BCUT2D eigenvalue weighted by Crippen LogP contribution is 2.26. The predicted octanol–water partition coefficient (Wildman–Crippen LogP) is 3.06. The van der Waals surface area contributed by atoms with E-state index < -0.39 is 0 Å². The number of aromatic amines is 1. The fourth-order valence-corrected chi connectivity index (χ4v) is 2.54. The Balaban J connectivity index is 1.65. The summed E-state index contributed by atoms with van der Waals surface area (Å²) in [7, 11) is 0. The maximum absolute atomic E-state index is 3.61. The summed E-state index contributed by atoms with van der Waals surface area (Å²) in [6.07, 6.45) is 4.67. The van der Waals surface area contributed by atoms with E-state index in [2.05, 4.69) is 41.5 Å². The van der Waals surface area contributed by atoms with Crippen LogP contribution in [0.15, 0.2) is 30.5 Å². The largest absolute Gasteiger partial charge is 0.361 e. The smallest absolute Gasteiger partial charge is 0.0454 e. The maximum atomic E-state index is 3.61. The SMILES string of the molecule is CC1CC(NCc2ccc3[nH]ccc3c2)C1. The van der Waals surface area contributed by atoms with Crippen LogP contribution in [-0.4, -0.2) is 11.0 Å². The molecule has 0 spiro atoms. The molecule has 84 valence electrons. The molecule has 2 aromatic rings. The van der Waals surface area contributed by atoms with Crippen LogP contribution in [0.1, 0.15) is 25.3 Å². The van der Waals surface area contributed by atoms with Gasteiger partial charge in [-0.2, -0.15) is 0 Å². The molecule has 1 saturated carbocycles. The highest BCUT2D eigenvalue weighted by Gasteiger charge is 2.24. The monoisotopic (exact) mass is 214 g/mol. The zero-order chi connectivity index (χ0) is 11.0. The van der Waals surface area contributed by atoms with Crippen LogP contribution in [0.4, 0.5) is 0 Å². The molecule has 1 aromatic carbocycles. The summed E-state index contributed by atoms with van der Waals surface area (Å²) >= 11 is 0. The molecule has 0 saturated heterocycles. The molecule has 0 radical (unpaired) electrons. The van der Waals surface area contributed by atoms with E-state index in [1.54, 1.807) is 0 Å². The van der Waals surface area contributed by atoms with Crippen molar-refractivity contribution in [2.45, 2.75) is 32.4 Å². The Morgan fingerprint density at radius 2 is 2.19 bits per heavy atom. The van der Waals surface area contributed by atoms with E-state index in [1.165, 1.54) is 29.3 Å². The Hall–Kier alpha value is -1.28. The van der Waals surface area contributed by atoms with Gasteiger partial charge in [-0.3, -0.25) is 0 Å². The van der Waals surface area contributed by atoms with Crippen LogP contribution in [-0.2, 0) is 6.54 Å². The summed E-state index contributed by atoms with van der Waals surface area (Å²) in [5, 5.41) is 4.92. The summed E-state index contributed by atoms with van der Waals surface area (Å²) < 4.78 is 0. The normalized spacial score (nSPS) is 24.6. The molecule has 2 nitrogen and oxygen atoms in total. The fraction of sp³-hybridized carbons (Fsp3) is 0.429. The summed E-state index contributed by atoms with van der Waals surface area (Å²) in [5.41, 5.74) is 2.60. The van der Waals surface area contributed by atoms with E-state index in [0.717, 1.165) is 18.5 Å². The van der Waals surface area contributed by atoms with E-state index in [4.69, 9.17) is 0 Å². The lowest BCUT2D eigenvalue weighted by atomic mass is 9.82. The van der Waals surface area contributed by atoms with Gasteiger partial charge in [-0.25, -0.2) is 0 Å². The lowest BCUT2D eigenvalue weighted by Crippen LogP contribution is -2.39. The van der Waals surface area contributed by atoms with Crippen LogP contribution in [0.5, 0.6) is 0 Å². The second kappa shape index (κ2) is 3.95. The number of hydrogen-bond donors (Lipinski definition) is 2. The first kappa shape index (κ1) is 9.91. The minimum atomic E-state index is 0.747. The third-order valence-electron chi connectivity index (χ3n) is 3.59. The average Bonchev–Trinajstić information content (AvgIpc) is 2.69. The van der Waals surface area contributed by atoms with Gasteiger partial charge in [0, 0.05) is 24.3 Å². The van der Waals surface area contributed by atoms with Crippen LogP contribution < -0.4 is 5.32 Å². The summed E-state index contributed by atoms with van der Waals surface area (Å²) in [6.45, 7) is 3.32. The number of benzene rings is 1. The molecule has 2 heteroatoms. The second-order valence-electron chi connectivity index (χ2n) is 5.05. The van der Waals surface area contributed by atoms with E-state index >= 15 is 0 Å².